The van der Waals surface area contributed by atoms with Crippen molar-refractivity contribution in [3.8, 4) is 0 Å². The van der Waals surface area contributed by atoms with E-state index in [1.54, 1.807) is 6.92 Å². The molecule has 0 radical (unpaired) electrons. The van der Waals surface area contributed by atoms with E-state index in [1.165, 1.54) is 0 Å². The molecule has 1 aromatic carbocycles. The Hall–Kier alpha value is -1.35. The Bertz CT molecular complexity index is 284. The highest BCUT2D eigenvalue weighted by Crippen LogP contribution is 2.17. The smallest absolute Gasteiger partial charge is 0.222 e. The van der Waals surface area contributed by atoms with Gasteiger partial charge in [-0.15, -0.1) is 0 Å². The Labute approximate surface area is 77.7 Å². The maximum absolute atomic E-state index is 10.9. The van der Waals surface area contributed by atoms with Crippen LogP contribution in [0, 0.1) is 5.92 Å². The van der Waals surface area contributed by atoms with E-state index in [0.717, 1.165) is 5.56 Å². The molecule has 0 saturated carbocycles. The molecule has 0 bridgehead atoms. The summed E-state index contributed by atoms with van der Waals surface area (Å²) in [5.41, 5.74) is 11.9. The molecule has 3 heteroatoms. The first-order chi connectivity index (χ1) is 6.13. The van der Waals surface area contributed by atoms with Gasteiger partial charge in [-0.2, -0.15) is 0 Å². The van der Waals surface area contributed by atoms with Crippen molar-refractivity contribution in [3.05, 3.63) is 35.9 Å². The third-order valence-corrected chi connectivity index (χ3v) is 2.17. The minimum Gasteiger partial charge on any atom is -0.369 e. The van der Waals surface area contributed by atoms with E-state index in [-0.39, 0.29) is 17.9 Å². The second-order valence-corrected chi connectivity index (χ2v) is 3.13. The van der Waals surface area contributed by atoms with E-state index in [2.05, 4.69) is 0 Å². The van der Waals surface area contributed by atoms with Gasteiger partial charge in [0.05, 0.1) is 5.92 Å². The molecule has 1 rings (SSSR count). The van der Waals surface area contributed by atoms with Crippen LogP contribution in [-0.4, -0.2) is 5.91 Å². The lowest BCUT2D eigenvalue weighted by atomic mass is 9.95. The van der Waals surface area contributed by atoms with Crippen LogP contribution in [0.5, 0.6) is 0 Å². The summed E-state index contributed by atoms with van der Waals surface area (Å²) in [5, 5.41) is 0. The molecule has 0 aliphatic rings. The van der Waals surface area contributed by atoms with Gasteiger partial charge < -0.3 is 11.5 Å². The molecule has 0 aliphatic heterocycles. The SMILES string of the molecule is CC(C(N)=O)C(N)c1ccccc1. The number of rotatable bonds is 3. The van der Waals surface area contributed by atoms with Gasteiger partial charge in [0.25, 0.3) is 0 Å². The van der Waals surface area contributed by atoms with Crippen molar-refractivity contribution in [1.82, 2.24) is 0 Å². The second-order valence-electron chi connectivity index (χ2n) is 3.13. The largest absolute Gasteiger partial charge is 0.369 e. The van der Waals surface area contributed by atoms with Crippen molar-refractivity contribution < 1.29 is 4.79 Å². The average molecular weight is 178 g/mol. The quantitative estimate of drug-likeness (QED) is 0.719. The highest BCUT2D eigenvalue weighted by Gasteiger charge is 2.18. The minimum atomic E-state index is -0.364. The molecule has 70 valence electrons. The lowest BCUT2D eigenvalue weighted by molar-refractivity contribution is -0.121. The molecule has 0 aromatic heterocycles. The van der Waals surface area contributed by atoms with Gasteiger partial charge in [-0.05, 0) is 5.56 Å². The van der Waals surface area contributed by atoms with E-state index in [9.17, 15) is 4.79 Å². The first kappa shape index (κ1) is 9.74. The van der Waals surface area contributed by atoms with Gasteiger partial charge in [-0.3, -0.25) is 4.79 Å². The van der Waals surface area contributed by atoms with Crippen LogP contribution in [0.1, 0.15) is 18.5 Å². The molecule has 0 aliphatic carbocycles. The van der Waals surface area contributed by atoms with Crippen LogP contribution < -0.4 is 11.5 Å². The zero-order chi connectivity index (χ0) is 9.84. The molecule has 1 amide bonds. The topological polar surface area (TPSA) is 69.1 Å². The van der Waals surface area contributed by atoms with Crippen LogP contribution >= 0.6 is 0 Å². The monoisotopic (exact) mass is 178 g/mol. The fourth-order valence-corrected chi connectivity index (χ4v) is 1.14. The van der Waals surface area contributed by atoms with Gasteiger partial charge in [0, 0.05) is 6.04 Å². The molecule has 1 aromatic rings. The molecule has 2 unspecified atom stereocenters. The Morgan fingerprint density at radius 3 is 2.31 bits per heavy atom. The van der Waals surface area contributed by atoms with Crippen LogP contribution in [0.25, 0.3) is 0 Å². The average Bonchev–Trinajstić information content (AvgIpc) is 2.17. The summed E-state index contributed by atoms with van der Waals surface area (Å²) in [7, 11) is 0. The second kappa shape index (κ2) is 4.05. The van der Waals surface area contributed by atoms with E-state index in [4.69, 9.17) is 11.5 Å². The molecular weight excluding hydrogens is 164 g/mol. The molecular formula is C10H14N2O. The van der Waals surface area contributed by atoms with Gasteiger partial charge >= 0.3 is 0 Å². The molecule has 3 nitrogen and oxygen atoms in total. The summed E-state index contributed by atoms with van der Waals surface area (Å²) in [6.45, 7) is 1.74. The van der Waals surface area contributed by atoms with Crippen molar-refractivity contribution in [3.63, 3.8) is 0 Å². The molecule has 0 fully saturated rings. The van der Waals surface area contributed by atoms with Gasteiger partial charge in [0.2, 0.25) is 5.91 Å². The summed E-state index contributed by atoms with van der Waals surface area (Å²) in [4.78, 5) is 10.9. The number of primary amides is 1. The summed E-state index contributed by atoms with van der Waals surface area (Å²) < 4.78 is 0. The van der Waals surface area contributed by atoms with Gasteiger partial charge in [-0.25, -0.2) is 0 Å². The Kier molecular flexibility index (Phi) is 3.03. The number of hydrogen-bond donors (Lipinski definition) is 2. The van der Waals surface area contributed by atoms with Crippen LogP contribution in [0.4, 0.5) is 0 Å². The molecule has 0 spiro atoms. The molecule has 0 heterocycles. The van der Waals surface area contributed by atoms with Crippen molar-refractivity contribution in [2.45, 2.75) is 13.0 Å². The third-order valence-electron chi connectivity index (χ3n) is 2.17. The fourth-order valence-electron chi connectivity index (χ4n) is 1.14. The maximum Gasteiger partial charge on any atom is 0.222 e. The fraction of sp³-hybridized carbons (Fsp3) is 0.300. The zero-order valence-corrected chi connectivity index (χ0v) is 7.60. The summed E-state index contributed by atoms with van der Waals surface area (Å²) in [6.07, 6.45) is 0. The lowest BCUT2D eigenvalue weighted by Crippen LogP contribution is -2.30. The Balaban J connectivity index is 2.79. The number of carbonyl (C=O) groups excluding carboxylic acids is 1. The first-order valence-electron chi connectivity index (χ1n) is 4.22. The van der Waals surface area contributed by atoms with Crippen molar-refractivity contribution in [1.29, 1.82) is 0 Å². The summed E-state index contributed by atoms with van der Waals surface area (Å²) in [5.74, 6) is -0.696. The van der Waals surface area contributed by atoms with Gasteiger partial charge in [0.15, 0.2) is 0 Å². The lowest BCUT2D eigenvalue weighted by Gasteiger charge is -2.16. The summed E-state index contributed by atoms with van der Waals surface area (Å²) in [6, 6.07) is 9.17. The minimum absolute atomic E-state index is 0.307. The van der Waals surface area contributed by atoms with Crippen LogP contribution in [0.3, 0.4) is 0 Å². The van der Waals surface area contributed by atoms with Crippen LogP contribution in [0.2, 0.25) is 0 Å². The van der Waals surface area contributed by atoms with Crippen molar-refractivity contribution in [2.24, 2.45) is 17.4 Å². The summed E-state index contributed by atoms with van der Waals surface area (Å²) >= 11 is 0. The molecule has 13 heavy (non-hydrogen) atoms. The van der Waals surface area contributed by atoms with E-state index < -0.39 is 0 Å². The first-order valence-corrected chi connectivity index (χ1v) is 4.22. The van der Waals surface area contributed by atoms with E-state index >= 15 is 0 Å². The third kappa shape index (κ3) is 2.29. The normalized spacial score (nSPS) is 14.9. The number of nitrogens with two attached hydrogens (primary N) is 2. The number of hydrogen-bond acceptors (Lipinski definition) is 2. The molecule has 4 N–H and O–H groups in total. The molecule has 0 saturated heterocycles. The zero-order valence-electron chi connectivity index (χ0n) is 7.60. The van der Waals surface area contributed by atoms with Crippen LogP contribution in [-0.2, 0) is 4.79 Å². The predicted molar refractivity (Wildman–Crippen MR) is 51.7 cm³/mol. The number of benzene rings is 1. The standard InChI is InChI=1S/C10H14N2O/c1-7(10(12)13)9(11)8-5-3-2-4-6-8/h2-7,9H,11H2,1H3,(H2,12,13). The predicted octanol–water partition coefficient (Wildman–Crippen LogP) is 0.808. The van der Waals surface area contributed by atoms with Crippen molar-refractivity contribution >= 4 is 5.91 Å². The van der Waals surface area contributed by atoms with Gasteiger partial charge in [-0.1, -0.05) is 37.3 Å². The number of carbonyl (C=O) groups is 1. The number of amides is 1. The maximum atomic E-state index is 10.9. The molecule has 2 atom stereocenters. The highest BCUT2D eigenvalue weighted by atomic mass is 16.1. The van der Waals surface area contributed by atoms with E-state index in [1.807, 2.05) is 30.3 Å². The van der Waals surface area contributed by atoms with Crippen LogP contribution in [0.15, 0.2) is 30.3 Å². The highest BCUT2D eigenvalue weighted by molar-refractivity contribution is 5.77. The Morgan fingerprint density at radius 1 is 1.31 bits per heavy atom. The Morgan fingerprint density at radius 2 is 1.85 bits per heavy atom. The van der Waals surface area contributed by atoms with Gasteiger partial charge in [0.1, 0.15) is 0 Å². The van der Waals surface area contributed by atoms with E-state index in [0.29, 0.717) is 0 Å². The van der Waals surface area contributed by atoms with Crippen molar-refractivity contribution in [2.75, 3.05) is 0 Å².